The Balaban J connectivity index is 1.44. The molecular weight excluding hydrogens is 446 g/mol. The van der Waals surface area contributed by atoms with Crippen LogP contribution in [0.3, 0.4) is 0 Å². The Morgan fingerprint density at radius 1 is 1.03 bits per heavy atom. The van der Waals surface area contributed by atoms with Crippen LogP contribution in [0.5, 0.6) is 0 Å². The minimum absolute atomic E-state index is 0.106. The molecule has 0 saturated heterocycles. The zero-order valence-corrected chi connectivity index (χ0v) is 18.9. The van der Waals surface area contributed by atoms with Crippen LogP contribution in [0.4, 0.5) is 10.5 Å². The lowest BCUT2D eigenvalue weighted by Gasteiger charge is -2.16. The van der Waals surface area contributed by atoms with Crippen LogP contribution in [0.2, 0.25) is 0 Å². The van der Waals surface area contributed by atoms with E-state index >= 15 is 0 Å². The summed E-state index contributed by atoms with van der Waals surface area (Å²) in [4.78, 5) is 40.8. The summed E-state index contributed by atoms with van der Waals surface area (Å²) in [5.41, 5.74) is 4.42. The molecule has 4 rings (SSSR count). The van der Waals surface area contributed by atoms with E-state index < -0.39 is 24.0 Å². The SMILES string of the molecule is C=CCCC(NC(=O)c1ncccc1NC(=O)OCC1c2ccccc2-c2ccccc21)C(=O)O. The van der Waals surface area contributed by atoms with Crippen LogP contribution in [0.1, 0.15) is 40.4 Å². The summed E-state index contributed by atoms with van der Waals surface area (Å²) < 4.78 is 5.54. The fourth-order valence-corrected chi connectivity index (χ4v) is 4.20. The van der Waals surface area contributed by atoms with Crippen molar-refractivity contribution in [3.05, 3.63) is 96.3 Å². The minimum atomic E-state index is -1.16. The number of anilines is 1. The van der Waals surface area contributed by atoms with Crippen LogP contribution in [0.25, 0.3) is 11.1 Å². The number of ether oxygens (including phenoxy) is 1. The van der Waals surface area contributed by atoms with E-state index in [-0.39, 0.29) is 30.3 Å². The van der Waals surface area contributed by atoms with Gasteiger partial charge in [0.2, 0.25) is 0 Å². The molecule has 0 spiro atoms. The van der Waals surface area contributed by atoms with Crippen LogP contribution >= 0.6 is 0 Å². The topological polar surface area (TPSA) is 118 Å². The summed E-state index contributed by atoms with van der Waals surface area (Å²) in [5, 5.41) is 14.4. The van der Waals surface area contributed by atoms with Crippen molar-refractivity contribution in [3.8, 4) is 11.1 Å². The van der Waals surface area contributed by atoms with Crippen LogP contribution in [-0.4, -0.2) is 40.7 Å². The van der Waals surface area contributed by atoms with Gasteiger partial charge < -0.3 is 15.2 Å². The average molecular weight is 472 g/mol. The van der Waals surface area contributed by atoms with Crippen LogP contribution in [0.15, 0.2) is 79.5 Å². The van der Waals surface area contributed by atoms with E-state index in [4.69, 9.17) is 4.74 Å². The molecule has 35 heavy (non-hydrogen) atoms. The molecule has 1 atom stereocenters. The van der Waals surface area contributed by atoms with E-state index in [2.05, 4.69) is 22.2 Å². The highest BCUT2D eigenvalue weighted by Gasteiger charge is 2.29. The van der Waals surface area contributed by atoms with Gasteiger partial charge in [0.05, 0.1) is 5.69 Å². The number of carbonyl (C=O) groups excluding carboxylic acids is 2. The molecule has 0 saturated carbocycles. The van der Waals surface area contributed by atoms with Crippen LogP contribution in [-0.2, 0) is 9.53 Å². The maximum atomic E-state index is 12.7. The summed E-state index contributed by atoms with van der Waals surface area (Å²) in [5.74, 6) is -1.98. The smallest absolute Gasteiger partial charge is 0.411 e. The monoisotopic (exact) mass is 471 g/mol. The number of carboxylic acids is 1. The molecule has 1 aliphatic rings. The Kier molecular flexibility index (Phi) is 7.21. The van der Waals surface area contributed by atoms with Gasteiger partial charge >= 0.3 is 12.1 Å². The maximum absolute atomic E-state index is 12.7. The summed E-state index contributed by atoms with van der Waals surface area (Å²) in [7, 11) is 0. The predicted molar refractivity (Wildman–Crippen MR) is 131 cm³/mol. The summed E-state index contributed by atoms with van der Waals surface area (Å²) >= 11 is 0. The molecule has 2 amide bonds. The van der Waals surface area contributed by atoms with Gasteiger partial charge in [0.1, 0.15) is 12.6 Å². The molecule has 1 aromatic heterocycles. The third kappa shape index (κ3) is 5.22. The normalized spacial score (nSPS) is 12.7. The number of carbonyl (C=O) groups is 3. The van der Waals surface area contributed by atoms with Gasteiger partial charge in [-0.1, -0.05) is 54.6 Å². The second-order valence-electron chi connectivity index (χ2n) is 8.08. The fraction of sp³-hybridized carbons (Fsp3) is 0.185. The van der Waals surface area contributed by atoms with Gasteiger partial charge in [0.15, 0.2) is 5.69 Å². The van der Waals surface area contributed by atoms with Crippen molar-refractivity contribution in [1.29, 1.82) is 0 Å². The number of fused-ring (bicyclic) bond motifs is 3. The Hall–Kier alpha value is -4.46. The molecule has 2 aromatic carbocycles. The summed E-state index contributed by atoms with van der Waals surface area (Å²) in [6, 6.07) is 18.0. The summed E-state index contributed by atoms with van der Waals surface area (Å²) in [6.45, 7) is 3.68. The molecular formula is C27H25N3O5. The molecule has 178 valence electrons. The van der Waals surface area contributed by atoms with Crippen molar-refractivity contribution in [1.82, 2.24) is 10.3 Å². The lowest BCUT2D eigenvalue weighted by atomic mass is 9.98. The second kappa shape index (κ2) is 10.6. The van der Waals surface area contributed by atoms with Crippen molar-refractivity contribution >= 4 is 23.7 Å². The zero-order valence-electron chi connectivity index (χ0n) is 18.9. The lowest BCUT2D eigenvalue weighted by Crippen LogP contribution is -2.41. The highest BCUT2D eigenvalue weighted by Crippen LogP contribution is 2.44. The Bertz CT molecular complexity index is 1230. The van der Waals surface area contributed by atoms with Gasteiger partial charge in [-0.2, -0.15) is 0 Å². The molecule has 1 unspecified atom stereocenters. The standard InChI is InChI=1S/C27H25N3O5/c1-2-3-13-23(26(32)33)29-25(31)24-22(14-8-15-28-24)30-27(34)35-16-21-19-11-6-4-9-17(19)18-10-5-7-12-20(18)21/h2,4-12,14-15,21,23H,1,3,13,16H2,(H,29,31)(H,30,34)(H,32,33). The van der Waals surface area contributed by atoms with Crippen molar-refractivity contribution in [2.45, 2.75) is 24.8 Å². The lowest BCUT2D eigenvalue weighted by molar-refractivity contribution is -0.139. The number of amides is 2. The fourth-order valence-electron chi connectivity index (χ4n) is 4.20. The average Bonchev–Trinajstić information content (AvgIpc) is 3.19. The summed E-state index contributed by atoms with van der Waals surface area (Å²) in [6.07, 6.45) is 2.83. The highest BCUT2D eigenvalue weighted by atomic mass is 16.5. The van der Waals surface area contributed by atoms with Gasteiger partial charge in [-0.3, -0.25) is 10.1 Å². The number of allylic oxidation sites excluding steroid dienone is 1. The van der Waals surface area contributed by atoms with E-state index in [1.807, 2.05) is 48.5 Å². The van der Waals surface area contributed by atoms with Gasteiger partial charge in [0, 0.05) is 12.1 Å². The van der Waals surface area contributed by atoms with E-state index in [1.54, 1.807) is 12.1 Å². The maximum Gasteiger partial charge on any atom is 0.411 e. The number of hydrogen-bond donors (Lipinski definition) is 3. The van der Waals surface area contributed by atoms with E-state index in [0.29, 0.717) is 6.42 Å². The number of hydrogen-bond acceptors (Lipinski definition) is 5. The Morgan fingerprint density at radius 3 is 2.31 bits per heavy atom. The number of carboxylic acid groups (broad SMARTS) is 1. The van der Waals surface area contributed by atoms with Gasteiger partial charge in [-0.05, 0) is 47.2 Å². The molecule has 0 bridgehead atoms. The number of aliphatic carboxylic acids is 1. The predicted octanol–water partition coefficient (Wildman–Crippen LogP) is 4.59. The molecule has 3 aromatic rings. The van der Waals surface area contributed by atoms with E-state index in [0.717, 1.165) is 22.3 Å². The van der Waals surface area contributed by atoms with Crippen molar-refractivity contribution in [2.24, 2.45) is 0 Å². The first-order chi connectivity index (χ1) is 17.0. The zero-order chi connectivity index (χ0) is 24.8. The third-order valence-corrected chi connectivity index (χ3v) is 5.87. The van der Waals surface area contributed by atoms with Gasteiger partial charge in [0.25, 0.3) is 5.91 Å². The van der Waals surface area contributed by atoms with Crippen molar-refractivity contribution in [3.63, 3.8) is 0 Å². The first-order valence-corrected chi connectivity index (χ1v) is 11.2. The third-order valence-electron chi connectivity index (χ3n) is 5.87. The number of nitrogens with one attached hydrogen (secondary N) is 2. The minimum Gasteiger partial charge on any atom is -0.480 e. The van der Waals surface area contributed by atoms with Crippen LogP contribution in [0, 0.1) is 0 Å². The first kappa shape index (κ1) is 23.7. The number of pyridine rings is 1. The molecule has 3 N–H and O–H groups in total. The quantitative estimate of drug-likeness (QED) is 0.393. The molecule has 0 aliphatic heterocycles. The van der Waals surface area contributed by atoms with E-state index in [9.17, 15) is 19.5 Å². The Morgan fingerprint density at radius 2 is 1.69 bits per heavy atom. The first-order valence-electron chi connectivity index (χ1n) is 11.2. The molecule has 8 nitrogen and oxygen atoms in total. The van der Waals surface area contributed by atoms with Crippen LogP contribution < -0.4 is 10.6 Å². The number of benzene rings is 2. The molecule has 0 radical (unpaired) electrons. The molecule has 8 heteroatoms. The molecule has 1 heterocycles. The number of nitrogens with zero attached hydrogens (tertiary/aromatic N) is 1. The van der Waals surface area contributed by atoms with Gasteiger partial charge in [-0.15, -0.1) is 6.58 Å². The molecule has 1 aliphatic carbocycles. The Labute approximate surface area is 202 Å². The molecule has 0 fully saturated rings. The highest BCUT2D eigenvalue weighted by molar-refractivity contribution is 6.02. The number of rotatable bonds is 9. The number of aromatic nitrogens is 1. The van der Waals surface area contributed by atoms with E-state index in [1.165, 1.54) is 12.3 Å². The van der Waals surface area contributed by atoms with Gasteiger partial charge in [-0.25, -0.2) is 14.6 Å². The largest absolute Gasteiger partial charge is 0.480 e. The van der Waals surface area contributed by atoms with Crippen molar-refractivity contribution < 1.29 is 24.2 Å². The van der Waals surface area contributed by atoms with Crippen molar-refractivity contribution in [2.75, 3.05) is 11.9 Å². The second-order valence-corrected chi connectivity index (χ2v) is 8.08.